The first kappa shape index (κ1) is 102. The largest absolute Gasteiger partial charge is 0.257 e. The molecule has 5 aliphatic heterocycles. The summed E-state index contributed by atoms with van der Waals surface area (Å²) in [5.41, 5.74) is 24.8. The van der Waals surface area contributed by atoms with Crippen molar-refractivity contribution in [3.05, 3.63) is 240 Å². The minimum atomic E-state index is -0.607. The van der Waals surface area contributed by atoms with Crippen LogP contribution in [-0.2, 0) is 35.2 Å². The van der Waals surface area contributed by atoms with Gasteiger partial charge in [0, 0.05) is 253 Å². The fourth-order valence-electron chi connectivity index (χ4n) is 22.5. The lowest BCUT2D eigenvalue weighted by atomic mass is 8.73. The zero-order valence-corrected chi connectivity index (χ0v) is 80.7. The Kier molecular flexibility index (Phi) is 34.0. The maximum atomic E-state index is 6.25. The van der Waals surface area contributed by atoms with Crippen molar-refractivity contribution in [1.29, 1.82) is 0 Å². The minimum Gasteiger partial charge on any atom is -0.230 e. The summed E-state index contributed by atoms with van der Waals surface area (Å²) >= 11 is 0. The second-order valence-corrected chi connectivity index (χ2v) is 38.9. The van der Waals surface area contributed by atoms with Crippen molar-refractivity contribution in [3.8, 4) is 33.6 Å². The van der Waals surface area contributed by atoms with Gasteiger partial charge in [-0.15, -0.1) is 15.3 Å². The standard InChI is InChI=1S/C29H34BN2.C23H30BN2.C15H15B10N.C11H15B10N.C9H11B10N.C2H6/c1-19(2)23-13-10-14-24(20(3)4)28(23)32-27-17-22(21-11-8-7-9-12-21)15-16-26(27)31(6)29(32)25-18-30(25)5;1-15(2)17-10-9-11-18(16(3)4)22(17)26-21-13-8-7-12-20(21)25(6)23(26)19-14-24(19)5;1-11-15(23(17)18,24(21-16)25(19)20)22(11)14-10-13(8-9-26(14)2)12-6-4-3-5-7-12;1-7-5-10(22(4)6-8(7)2)18-9(3)11(18,19(13)14)20(17-12)21(15)16;1-7-9(17(11)12,18(15-10)19(13)14)16(7)8-5-3-4-6-20(8)2;1-2/h7-17,19-20,25H,18H2,1-6H3;7-13,15-16,19H,14H2,1-6H3;3-11H,1-2H3;5-6,9H,1-4H3;3-7H,1-2H3;1-2H3/q5*+1;. The summed E-state index contributed by atoms with van der Waals surface area (Å²) in [7, 11) is 106. The van der Waals surface area contributed by atoms with Crippen LogP contribution in [0.3, 0.4) is 0 Å². The summed E-state index contributed by atoms with van der Waals surface area (Å²) in [6.45, 7) is 37.6. The number of aromatic nitrogens is 7. The van der Waals surface area contributed by atoms with Crippen LogP contribution in [0, 0.1) is 13.8 Å². The third-order valence-corrected chi connectivity index (χ3v) is 29.9. The third-order valence-electron chi connectivity index (χ3n) is 29.9. The molecule has 0 spiro atoms. The van der Waals surface area contributed by atoms with Crippen LogP contribution >= 0.6 is 0 Å². The van der Waals surface area contributed by atoms with Crippen LogP contribution in [0.4, 0.5) is 0 Å². The average molecular weight is 1620 g/mol. The van der Waals surface area contributed by atoms with Crippen LogP contribution in [0.25, 0.3) is 55.7 Å². The molecule has 8 atom stereocenters. The number of fused-ring (bicyclic) bond motifs is 2. The number of hydrogen-bond donors (Lipinski definition) is 0. The molecule has 593 valence electrons. The number of benzene rings is 6. The summed E-state index contributed by atoms with van der Waals surface area (Å²) in [6, 6.07) is 63.3. The summed E-state index contributed by atoms with van der Waals surface area (Å²) in [5.74, 6) is 6.89. The van der Waals surface area contributed by atoms with Gasteiger partial charge in [-0.25, -0.2) is 22.8 Å². The van der Waals surface area contributed by atoms with Crippen LogP contribution < -0.4 is 39.6 Å². The molecule has 0 aliphatic carbocycles. The van der Waals surface area contributed by atoms with E-state index in [0.717, 1.165) is 24.6 Å². The van der Waals surface area contributed by atoms with Crippen LogP contribution in [-0.4, -0.2) is 238 Å². The molecule has 6 aromatic carbocycles. The van der Waals surface area contributed by atoms with Crippen molar-refractivity contribution in [2.45, 2.75) is 198 Å². The molecular formula is C89H111B32N7+5. The average Bonchev–Trinajstić information content (AvgIpc) is 1.48. The first-order valence-electron chi connectivity index (χ1n) is 46.8. The fourth-order valence-corrected chi connectivity index (χ4v) is 22.5. The topological polar surface area (TPSA) is 29.3 Å². The number of imidazole rings is 2. The zero-order valence-electron chi connectivity index (χ0n) is 80.7. The van der Waals surface area contributed by atoms with Crippen molar-refractivity contribution in [1.82, 2.24) is 9.13 Å². The number of para-hydroxylation sites is 4. The predicted octanol–water partition coefficient (Wildman–Crippen LogP) is 6.73. The molecule has 16 rings (SSSR count). The van der Waals surface area contributed by atoms with Crippen LogP contribution in [0.1, 0.15) is 170 Å². The maximum absolute atomic E-state index is 6.25. The van der Waals surface area contributed by atoms with E-state index in [1.54, 1.807) is 21.2 Å². The van der Waals surface area contributed by atoms with E-state index in [9.17, 15) is 0 Å². The molecule has 0 amide bonds. The number of hydrogen-bond acceptors (Lipinski definition) is 0. The predicted molar refractivity (Wildman–Crippen MR) is 586 cm³/mol. The number of aryl methyl sites for hydroxylation is 7. The summed E-state index contributed by atoms with van der Waals surface area (Å²) in [6.07, 6.45) is 7.02. The smallest absolute Gasteiger partial charge is 0.230 e. The quantitative estimate of drug-likeness (QED) is 0.0450. The number of rotatable bonds is 25. The summed E-state index contributed by atoms with van der Waals surface area (Å²) in [5, 5.41) is -1.24. The monoisotopic (exact) mass is 1630 g/mol. The molecule has 10 heterocycles. The molecule has 5 saturated heterocycles. The highest BCUT2D eigenvalue weighted by molar-refractivity contribution is 7.78. The maximum Gasteiger partial charge on any atom is 0.257 e. The van der Waals surface area contributed by atoms with E-state index >= 15 is 0 Å². The summed E-state index contributed by atoms with van der Waals surface area (Å²) in [4.78, 5) is 0. The van der Waals surface area contributed by atoms with Gasteiger partial charge < -0.3 is 0 Å². The van der Waals surface area contributed by atoms with Gasteiger partial charge in [-0.05, 0) is 108 Å². The first-order valence-corrected chi connectivity index (χ1v) is 46.8. The first-order chi connectivity index (χ1) is 60.7. The molecule has 33 radical (unpaired) electrons. The van der Waals surface area contributed by atoms with Gasteiger partial charge in [0.05, 0.1) is 14.1 Å². The Bertz CT molecular complexity index is 5570. The minimum absolute atomic E-state index is 0.135. The highest BCUT2D eigenvalue weighted by Gasteiger charge is 2.74. The normalized spacial score (nSPS) is 19.5. The van der Waals surface area contributed by atoms with Gasteiger partial charge in [-0.3, -0.25) is 0 Å². The fraction of sp³-hybridized carbons (Fsp3) is 0.404. The molecule has 7 nitrogen and oxygen atoms in total. The molecule has 11 aromatic rings. The molecule has 0 N–H and O–H groups in total. The molecule has 128 heavy (non-hydrogen) atoms. The van der Waals surface area contributed by atoms with E-state index in [-0.39, 0.29) is 62.2 Å². The second-order valence-electron chi connectivity index (χ2n) is 38.9. The Labute approximate surface area is 800 Å². The molecule has 0 saturated carbocycles. The Balaban J connectivity index is 0.000000156. The van der Waals surface area contributed by atoms with E-state index < -0.39 is 48.9 Å². The van der Waals surface area contributed by atoms with Gasteiger partial charge in [-0.1, -0.05) is 249 Å². The van der Waals surface area contributed by atoms with Crippen molar-refractivity contribution in [3.63, 3.8) is 0 Å². The van der Waals surface area contributed by atoms with Gasteiger partial charge in [0.15, 0.2) is 54.1 Å². The van der Waals surface area contributed by atoms with Gasteiger partial charge >= 0.3 is 0 Å². The Morgan fingerprint density at radius 2 is 0.719 bits per heavy atom. The van der Waals surface area contributed by atoms with Crippen LogP contribution in [0.2, 0.25) is 59.1 Å². The van der Waals surface area contributed by atoms with Gasteiger partial charge in [0.1, 0.15) is 49.3 Å². The van der Waals surface area contributed by atoms with E-state index in [1.165, 1.54) is 119 Å². The van der Waals surface area contributed by atoms with Crippen LogP contribution in [0.15, 0.2) is 195 Å². The number of nitrogens with zero attached hydrogens (tertiary/aromatic N) is 7. The highest BCUT2D eigenvalue weighted by atomic mass is 15.2. The van der Waals surface area contributed by atoms with Gasteiger partial charge in [0.25, 0.3) is 31.8 Å². The highest BCUT2D eigenvalue weighted by Crippen LogP contribution is 2.67. The van der Waals surface area contributed by atoms with E-state index in [1.807, 2.05) is 71.5 Å². The Morgan fingerprint density at radius 3 is 1.09 bits per heavy atom. The molecule has 8 unspecified atom stereocenters. The van der Waals surface area contributed by atoms with Gasteiger partial charge in [0.2, 0.25) is 0 Å². The zero-order chi connectivity index (χ0) is 94.1. The molecular weight excluding hydrogens is 1510 g/mol. The molecule has 5 aliphatic rings. The Morgan fingerprint density at radius 1 is 0.375 bits per heavy atom. The Hall–Kier alpha value is -6.21. The van der Waals surface area contributed by atoms with Crippen molar-refractivity contribution >= 4 is 268 Å². The second kappa shape index (κ2) is 42.6. The lowest BCUT2D eigenvalue weighted by Gasteiger charge is -2.33. The SMILES string of the molecule is CB1CC1c1n(-c2c(C(C)C)cccc2C(C)C)c2cc(-c3ccccc3)ccc2[n+]1C.CB1CC1c1n(-c2c(C(C)C)cccc2C(C)C)c2ccccc2[n+]1C.CC.[B][B]B(B([B])[B])C1(B([B])[B])B(c2cc(-c3ccccc3)cc[n+]2C)C1C.[B][B]B(B([B])[B])C1(B([B])[B])B(c2cc(C)c(C)c[n+]2C)C1C.[B][B]B(B([B])[B])C1(B([B])[B])B(c2cccc[n+]2C)C1C. The van der Waals surface area contributed by atoms with Crippen molar-refractivity contribution in [2.24, 2.45) is 35.2 Å². The number of pyridine rings is 3. The molecule has 0 bridgehead atoms. The van der Waals surface area contributed by atoms with E-state index in [0.29, 0.717) is 35.3 Å². The van der Waals surface area contributed by atoms with E-state index in [2.05, 4.69) is 308 Å². The lowest BCUT2D eigenvalue weighted by molar-refractivity contribution is -0.654. The van der Waals surface area contributed by atoms with Crippen molar-refractivity contribution in [2.75, 3.05) is 0 Å². The van der Waals surface area contributed by atoms with E-state index in [4.69, 9.17) is 116 Å². The van der Waals surface area contributed by atoms with Gasteiger partial charge in [-0.2, -0.15) is 9.13 Å². The molecule has 5 fully saturated rings. The lowest BCUT2D eigenvalue weighted by Crippen LogP contribution is -2.59. The molecule has 39 heteroatoms. The third kappa shape index (κ3) is 19.6. The van der Waals surface area contributed by atoms with Crippen LogP contribution in [0.5, 0.6) is 0 Å². The summed E-state index contributed by atoms with van der Waals surface area (Å²) < 4.78 is 16.5. The van der Waals surface area contributed by atoms with Crippen molar-refractivity contribution < 1.29 is 22.8 Å². The molecule has 5 aromatic heterocycles.